The van der Waals surface area contributed by atoms with Crippen molar-refractivity contribution in [3.8, 4) is 6.07 Å². The number of anilines is 1. The lowest BCUT2D eigenvalue weighted by Crippen LogP contribution is -2.31. The first kappa shape index (κ1) is 13.8. The quantitative estimate of drug-likeness (QED) is 0.835. The molecule has 0 aromatic carbocycles. The fourth-order valence-electron chi connectivity index (χ4n) is 1.50. The Morgan fingerprint density at radius 3 is 2.82 bits per heavy atom. The van der Waals surface area contributed by atoms with E-state index in [1.807, 2.05) is 26.2 Å². The maximum Gasteiger partial charge on any atom is 0.144 e. The first-order chi connectivity index (χ1) is 8.12. The summed E-state index contributed by atoms with van der Waals surface area (Å²) in [6.07, 6.45) is 1.95. The Bertz CT molecular complexity index is 413. The summed E-state index contributed by atoms with van der Waals surface area (Å²) in [5.41, 5.74) is 1.39. The molecule has 2 N–H and O–H groups in total. The maximum absolute atomic E-state index is 9.21. The van der Waals surface area contributed by atoms with Crippen molar-refractivity contribution in [1.29, 1.82) is 5.26 Å². The molecule has 0 spiro atoms. The molecule has 0 saturated carbocycles. The van der Waals surface area contributed by atoms with Crippen LogP contribution in [0.1, 0.15) is 18.2 Å². The minimum atomic E-state index is 0.0522. The van der Waals surface area contributed by atoms with Gasteiger partial charge in [0.15, 0.2) is 0 Å². The average Bonchev–Trinajstić information content (AvgIpc) is 2.31. The van der Waals surface area contributed by atoms with E-state index >= 15 is 0 Å². The van der Waals surface area contributed by atoms with Crippen LogP contribution in [0.15, 0.2) is 12.1 Å². The number of aromatic nitrogens is 1. The Kier molecular flexibility index (Phi) is 5.26. The van der Waals surface area contributed by atoms with Gasteiger partial charge in [-0.2, -0.15) is 17.0 Å². The summed E-state index contributed by atoms with van der Waals surface area (Å²) in [6.45, 7) is 3.96. The maximum atomic E-state index is 9.21. The molecule has 1 aromatic rings. The van der Waals surface area contributed by atoms with Crippen LogP contribution in [-0.4, -0.2) is 34.2 Å². The third-order valence-electron chi connectivity index (χ3n) is 2.56. The second kappa shape index (κ2) is 6.48. The highest BCUT2D eigenvalue weighted by atomic mass is 32.2. The van der Waals surface area contributed by atoms with Gasteiger partial charge in [-0.15, -0.1) is 0 Å². The van der Waals surface area contributed by atoms with Gasteiger partial charge >= 0.3 is 0 Å². The number of hydrogen-bond acceptors (Lipinski definition) is 5. The molecular formula is C12H17N3OS. The summed E-state index contributed by atoms with van der Waals surface area (Å²) >= 11 is 1.59. The van der Waals surface area contributed by atoms with Gasteiger partial charge < -0.3 is 10.4 Å². The van der Waals surface area contributed by atoms with E-state index in [0.717, 1.165) is 5.69 Å². The number of rotatable bonds is 5. The van der Waals surface area contributed by atoms with Gasteiger partial charge in [0.2, 0.25) is 0 Å². The number of nitrogens with zero attached hydrogens (tertiary/aromatic N) is 2. The fraction of sp³-hybridized carbons (Fsp3) is 0.500. The van der Waals surface area contributed by atoms with E-state index in [1.54, 1.807) is 17.8 Å². The first-order valence-corrected chi connectivity index (χ1v) is 6.69. The molecule has 92 valence electrons. The number of nitriles is 1. The number of aryl methyl sites for hydroxylation is 1. The van der Waals surface area contributed by atoms with Gasteiger partial charge in [-0.3, -0.25) is 0 Å². The largest absolute Gasteiger partial charge is 0.395 e. The molecule has 2 unspecified atom stereocenters. The summed E-state index contributed by atoms with van der Waals surface area (Å²) in [7, 11) is 0. The summed E-state index contributed by atoms with van der Waals surface area (Å²) in [5.74, 6) is 0.590. The lowest BCUT2D eigenvalue weighted by molar-refractivity contribution is 0.288. The summed E-state index contributed by atoms with van der Waals surface area (Å²) in [6, 6.07) is 5.73. The lowest BCUT2D eigenvalue weighted by atomic mass is 10.2. The highest BCUT2D eigenvalue weighted by molar-refractivity contribution is 7.99. The van der Waals surface area contributed by atoms with Crippen LogP contribution < -0.4 is 5.32 Å². The number of aliphatic hydroxyl groups is 1. The zero-order valence-corrected chi connectivity index (χ0v) is 11.1. The molecule has 0 bridgehead atoms. The van der Waals surface area contributed by atoms with Crippen LogP contribution >= 0.6 is 11.8 Å². The van der Waals surface area contributed by atoms with E-state index in [2.05, 4.69) is 16.4 Å². The Morgan fingerprint density at radius 2 is 2.29 bits per heavy atom. The molecule has 17 heavy (non-hydrogen) atoms. The number of aliphatic hydroxyl groups excluding tert-OH is 1. The van der Waals surface area contributed by atoms with Crippen LogP contribution in [0, 0.1) is 18.3 Å². The van der Waals surface area contributed by atoms with Gasteiger partial charge in [0.25, 0.3) is 0 Å². The Labute approximate surface area is 106 Å². The van der Waals surface area contributed by atoms with Crippen LogP contribution in [0.3, 0.4) is 0 Å². The Balaban J connectivity index is 2.87. The third-order valence-corrected chi connectivity index (χ3v) is 3.72. The SMILES string of the molecule is CSC(CO)C(C)Nc1nc(C)ccc1C#N. The summed E-state index contributed by atoms with van der Waals surface area (Å²) < 4.78 is 0. The standard InChI is InChI=1S/C12H17N3OS/c1-8-4-5-10(6-13)12(14-8)15-9(2)11(7-16)17-3/h4-5,9,11,16H,7H2,1-3H3,(H,14,15). The predicted molar refractivity (Wildman–Crippen MR) is 71.2 cm³/mol. The van der Waals surface area contributed by atoms with Crippen LogP contribution in [-0.2, 0) is 0 Å². The molecule has 0 aliphatic carbocycles. The zero-order valence-electron chi connectivity index (χ0n) is 10.3. The second-order valence-corrected chi connectivity index (χ2v) is 4.93. The van der Waals surface area contributed by atoms with E-state index in [1.165, 1.54) is 0 Å². The van der Waals surface area contributed by atoms with Gasteiger partial charge in [0.1, 0.15) is 11.9 Å². The van der Waals surface area contributed by atoms with Gasteiger partial charge in [0, 0.05) is 17.0 Å². The van der Waals surface area contributed by atoms with Crippen molar-refractivity contribution in [2.24, 2.45) is 0 Å². The van der Waals surface area contributed by atoms with Gasteiger partial charge in [-0.25, -0.2) is 4.98 Å². The van der Waals surface area contributed by atoms with Gasteiger partial charge in [-0.1, -0.05) is 0 Å². The number of nitrogens with one attached hydrogen (secondary N) is 1. The minimum Gasteiger partial charge on any atom is -0.395 e. The van der Waals surface area contributed by atoms with E-state index in [4.69, 9.17) is 5.26 Å². The minimum absolute atomic E-state index is 0.0522. The van der Waals surface area contributed by atoms with Crippen molar-refractivity contribution in [1.82, 2.24) is 4.98 Å². The molecule has 1 heterocycles. The highest BCUT2D eigenvalue weighted by Gasteiger charge is 2.16. The number of hydrogen-bond donors (Lipinski definition) is 2. The molecule has 1 aromatic heterocycles. The fourth-order valence-corrected chi connectivity index (χ4v) is 2.13. The van der Waals surface area contributed by atoms with E-state index < -0.39 is 0 Å². The molecule has 1 rings (SSSR count). The van der Waals surface area contributed by atoms with E-state index in [-0.39, 0.29) is 17.9 Å². The summed E-state index contributed by atoms with van der Waals surface area (Å²) in [5, 5.41) is 21.5. The smallest absolute Gasteiger partial charge is 0.144 e. The van der Waals surface area contributed by atoms with Crippen molar-refractivity contribution in [3.63, 3.8) is 0 Å². The van der Waals surface area contributed by atoms with Crippen molar-refractivity contribution in [2.45, 2.75) is 25.1 Å². The number of thioether (sulfide) groups is 1. The van der Waals surface area contributed by atoms with Crippen molar-refractivity contribution < 1.29 is 5.11 Å². The second-order valence-electron chi connectivity index (χ2n) is 3.85. The highest BCUT2D eigenvalue weighted by Crippen LogP contribution is 2.18. The topological polar surface area (TPSA) is 68.9 Å². The predicted octanol–water partition coefficient (Wildman–Crippen LogP) is 1.79. The Hall–Kier alpha value is -1.25. The molecule has 4 nitrogen and oxygen atoms in total. The van der Waals surface area contributed by atoms with E-state index in [9.17, 15) is 5.11 Å². The lowest BCUT2D eigenvalue weighted by Gasteiger charge is -2.22. The normalized spacial score (nSPS) is 13.8. The van der Waals surface area contributed by atoms with Crippen LogP contribution in [0.25, 0.3) is 0 Å². The monoisotopic (exact) mass is 251 g/mol. The molecule has 5 heteroatoms. The van der Waals surface area contributed by atoms with Crippen molar-refractivity contribution in [2.75, 3.05) is 18.2 Å². The third kappa shape index (κ3) is 3.62. The van der Waals surface area contributed by atoms with Crippen LogP contribution in [0.4, 0.5) is 5.82 Å². The first-order valence-electron chi connectivity index (χ1n) is 5.40. The van der Waals surface area contributed by atoms with E-state index in [0.29, 0.717) is 11.4 Å². The average molecular weight is 251 g/mol. The molecule has 0 fully saturated rings. The molecule has 2 atom stereocenters. The molecule has 0 saturated heterocycles. The van der Waals surface area contributed by atoms with Crippen LogP contribution in [0.5, 0.6) is 0 Å². The number of pyridine rings is 1. The molecular weight excluding hydrogens is 234 g/mol. The zero-order chi connectivity index (χ0) is 12.8. The summed E-state index contributed by atoms with van der Waals surface area (Å²) in [4.78, 5) is 4.31. The van der Waals surface area contributed by atoms with Crippen molar-refractivity contribution in [3.05, 3.63) is 23.4 Å². The van der Waals surface area contributed by atoms with Crippen LogP contribution in [0.2, 0.25) is 0 Å². The van der Waals surface area contributed by atoms with Crippen molar-refractivity contribution >= 4 is 17.6 Å². The molecule has 0 aliphatic rings. The Morgan fingerprint density at radius 1 is 1.59 bits per heavy atom. The molecule has 0 amide bonds. The molecule has 0 radical (unpaired) electrons. The van der Waals surface area contributed by atoms with Gasteiger partial charge in [0.05, 0.1) is 12.2 Å². The van der Waals surface area contributed by atoms with Gasteiger partial charge in [-0.05, 0) is 32.2 Å². The molecule has 0 aliphatic heterocycles.